The third-order valence-electron chi connectivity index (χ3n) is 8.01. The number of carbonyl (C=O) groups is 1. The number of likely N-dealkylation sites (tertiary alicyclic amines) is 1. The molecule has 2 atom stereocenters. The van der Waals surface area contributed by atoms with Crippen LogP contribution in [-0.4, -0.2) is 75.9 Å². The molecule has 11 heteroatoms. The Morgan fingerprint density at radius 1 is 1.16 bits per heavy atom. The number of hydrogen-bond donors (Lipinski definition) is 2. The number of carbonyl (C=O) groups excluding carboxylic acids is 1. The minimum atomic E-state index is -1.06. The molecular formula is C26H32N8O3. The number of aromatic nitrogens is 6. The van der Waals surface area contributed by atoms with Crippen LogP contribution in [0.1, 0.15) is 62.5 Å². The van der Waals surface area contributed by atoms with Crippen molar-refractivity contribution >= 4 is 33.9 Å². The molecule has 0 unspecified atom stereocenters. The smallest absolute Gasteiger partial charge is 0.253 e. The van der Waals surface area contributed by atoms with E-state index in [0.717, 1.165) is 11.0 Å². The second-order valence-electron chi connectivity index (χ2n) is 10.9. The van der Waals surface area contributed by atoms with Crippen molar-refractivity contribution in [3.8, 4) is 0 Å². The summed E-state index contributed by atoms with van der Waals surface area (Å²) in [6.45, 7) is 7.50. The third-order valence-corrected chi connectivity index (χ3v) is 8.01. The number of imidazole rings is 2. The Bertz CT molecular complexity index is 1480. The average molecular weight is 505 g/mol. The molecule has 3 aromatic heterocycles. The largest absolute Gasteiger partial charge is 0.388 e. The van der Waals surface area contributed by atoms with E-state index in [2.05, 4.69) is 38.4 Å². The third kappa shape index (κ3) is 3.93. The molecule has 1 amide bonds. The lowest BCUT2D eigenvalue weighted by Crippen LogP contribution is -2.57. The lowest BCUT2D eigenvalue weighted by molar-refractivity contribution is -0.194. The van der Waals surface area contributed by atoms with Gasteiger partial charge in [-0.3, -0.25) is 4.79 Å². The fraction of sp³-hybridized carbons (Fsp3) is 0.500. The Hall–Kier alpha value is -3.57. The van der Waals surface area contributed by atoms with Crippen molar-refractivity contribution < 1.29 is 14.6 Å². The van der Waals surface area contributed by atoms with Gasteiger partial charge < -0.3 is 29.6 Å². The van der Waals surface area contributed by atoms with Gasteiger partial charge in [-0.2, -0.15) is 0 Å². The topological polar surface area (TPSA) is 137 Å². The summed E-state index contributed by atoms with van der Waals surface area (Å²) in [4.78, 5) is 32.3. The number of fused-ring (bicyclic) bond motifs is 2. The number of rotatable bonds is 3. The Morgan fingerprint density at radius 3 is 2.68 bits per heavy atom. The Balaban J connectivity index is 1.15. The highest BCUT2D eigenvalue weighted by molar-refractivity contribution is 5.97. The number of nitrogens with two attached hydrogens (primary N) is 1. The van der Waals surface area contributed by atoms with E-state index in [0.29, 0.717) is 67.5 Å². The first-order valence-corrected chi connectivity index (χ1v) is 12.7. The zero-order valence-electron chi connectivity index (χ0n) is 21.3. The number of hydrogen-bond acceptors (Lipinski definition) is 8. The van der Waals surface area contributed by atoms with E-state index in [-0.39, 0.29) is 11.9 Å². The monoisotopic (exact) mass is 504 g/mol. The minimum Gasteiger partial charge on any atom is -0.388 e. The van der Waals surface area contributed by atoms with Crippen molar-refractivity contribution in [2.24, 2.45) is 0 Å². The van der Waals surface area contributed by atoms with Gasteiger partial charge in [0.05, 0.1) is 47.5 Å². The van der Waals surface area contributed by atoms with E-state index in [1.54, 1.807) is 6.33 Å². The molecule has 2 aliphatic rings. The van der Waals surface area contributed by atoms with Crippen molar-refractivity contribution in [3.63, 3.8) is 0 Å². The molecule has 0 aliphatic carbocycles. The molecule has 194 valence electrons. The van der Waals surface area contributed by atoms with Crippen LogP contribution in [0.5, 0.6) is 0 Å². The molecule has 2 fully saturated rings. The van der Waals surface area contributed by atoms with Crippen LogP contribution in [0.3, 0.4) is 0 Å². The molecule has 2 saturated heterocycles. The normalized spacial score (nSPS) is 23.9. The van der Waals surface area contributed by atoms with Crippen LogP contribution < -0.4 is 5.73 Å². The van der Waals surface area contributed by atoms with Gasteiger partial charge >= 0.3 is 0 Å². The molecular weight excluding hydrogens is 472 g/mol. The average Bonchev–Trinajstić information content (AvgIpc) is 3.48. The van der Waals surface area contributed by atoms with Crippen molar-refractivity contribution in [1.29, 1.82) is 0 Å². The molecule has 37 heavy (non-hydrogen) atoms. The zero-order valence-corrected chi connectivity index (χ0v) is 21.3. The van der Waals surface area contributed by atoms with Gasteiger partial charge in [0.2, 0.25) is 0 Å². The Morgan fingerprint density at radius 2 is 1.95 bits per heavy atom. The van der Waals surface area contributed by atoms with E-state index >= 15 is 0 Å². The molecule has 2 aliphatic heterocycles. The van der Waals surface area contributed by atoms with Gasteiger partial charge in [-0.15, -0.1) is 0 Å². The summed E-state index contributed by atoms with van der Waals surface area (Å²) in [5, 5.41) is 11.6. The lowest BCUT2D eigenvalue weighted by Gasteiger charge is -2.51. The van der Waals surface area contributed by atoms with E-state index in [1.807, 2.05) is 40.9 Å². The zero-order chi connectivity index (χ0) is 25.9. The Kier molecular flexibility index (Phi) is 5.46. The van der Waals surface area contributed by atoms with Gasteiger partial charge in [0, 0.05) is 31.1 Å². The Labute approximate surface area is 214 Å². The first-order chi connectivity index (χ1) is 17.7. The van der Waals surface area contributed by atoms with Crippen LogP contribution in [-0.2, 0) is 4.74 Å². The number of benzene rings is 1. The van der Waals surface area contributed by atoms with Crippen LogP contribution >= 0.6 is 0 Å². The van der Waals surface area contributed by atoms with Gasteiger partial charge in [-0.25, -0.2) is 19.9 Å². The second-order valence-corrected chi connectivity index (χ2v) is 10.9. The van der Waals surface area contributed by atoms with E-state index in [1.165, 1.54) is 6.33 Å². The predicted octanol–water partition coefficient (Wildman–Crippen LogP) is 2.73. The number of amides is 1. The summed E-state index contributed by atoms with van der Waals surface area (Å²) >= 11 is 0. The molecule has 0 saturated carbocycles. The number of ether oxygens (including phenoxy) is 1. The predicted molar refractivity (Wildman–Crippen MR) is 138 cm³/mol. The number of aliphatic hydroxyl groups is 1. The summed E-state index contributed by atoms with van der Waals surface area (Å²) in [5.41, 5.74) is 7.98. The maximum absolute atomic E-state index is 13.3. The molecule has 5 heterocycles. The lowest BCUT2D eigenvalue weighted by atomic mass is 9.75. The quantitative estimate of drug-likeness (QED) is 0.434. The molecule has 0 bridgehead atoms. The van der Waals surface area contributed by atoms with Crippen molar-refractivity contribution in [2.45, 2.75) is 63.3 Å². The summed E-state index contributed by atoms with van der Waals surface area (Å²) < 4.78 is 10.4. The summed E-state index contributed by atoms with van der Waals surface area (Å²) in [6, 6.07) is 5.67. The number of anilines is 1. The van der Waals surface area contributed by atoms with Gasteiger partial charge in [0.1, 0.15) is 11.8 Å². The second kappa shape index (κ2) is 8.49. The summed E-state index contributed by atoms with van der Waals surface area (Å²) in [7, 11) is 0. The van der Waals surface area contributed by atoms with Crippen LogP contribution in [0.15, 0.2) is 37.2 Å². The molecule has 1 spiro atoms. The molecule has 3 N–H and O–H groups in total. The molecule has 4 aromatic rings. The first kappa shape index (κ1) is 23.8. The van der Waals surface area contributed by atoms with Crippen LogP contribution in [0.2, 0.25) is 0 Å². The van der Waals surface area contributed by atoms with Crippen molar-refractivity contribution in [2.75, 3.05) is 25.4 Å². The van der Waals surface area contributed by atoms with Crippen LogP contribution in [0.25, 0.3) is 22.2 Å². The van der Waals surface area contributed by atoms with E-state index in [9.17, 15) is 9.90 Å². The van der Waals surface area contributed by atoms with Gasteiger partial charge in [-0.05, 0) is 51.8 Å². The van der Waals surface area contributed by atoms with E-state index in [4.69, 9.17) is 10.5 Å². The minimum absolute atomic E-state index is 0.00143. The number of piperidine rings is 1. The van der Waals surface area contributed by atoms with Crippen molar-refractivity contribution in [1.82, 2.24) is 34.0 Å². The SMILES string of the molecule is CC(C)n1cnc2cc(C(=O)N3CCC4(CC3)C[C@@](C)(O)[C@H](n3cnc5c(N)ncnc53)CO4)ccc21. The summed E-state index contributed by atoms with van der Waals surface area (Å²) in [6.07, 6.45) is 6.62. The van der Waals surface area contributed by atoms with Crippen LogP contribution in [0, 0.1) is 0 Å². The number of nitrogen functional groups attached to an aromatic ring is 1. The maximum atomic E-state index is 13.3. The summed E-state index contributed by atoms with van der Waals surface area (Å²) in [5.74, 6) is 0.305. The fourth-order valence-electron chi connectivity index (χ4n) is 5.93. The highest BCUT2D eigenvalue weighted by atomic mass is 16.5. The van der Waals surface area contributed by atoms with E-state index < -0.39 is 11.2 Å². The molecule has 0 radical (unpaired) electrons. The van der Waals surface area contributed by atoms with Gasteiger partial charge in [0.15, 0.2) is 11.5 Å². The number of nitrogens with zero attached hydrogens (tertiary/aromatic N) is 7. The maximum Gasteiger partial charge on any atom is 0.253 e. The van der Waals surface area contributed by atoms with Gasteiger partial charge in [-0.1, -0.05) is 0 Å². The highest BCUT2D eigenvalue weighted by Crippen LogP contribution is 2.44. The molecule has 11 nitrogen and oxygen atoms in total. The molecule has 1 aromatic carbocycles. The van der Waals surface area contributed by atoms with Crippen molar-refractivity contribution in [3.05, 3.63) is 42.7 Å². The van der Waals surface area contributed by atoms with Crippen LogP contribution in [0.4, 0.5) is 5.82 Å². The van der Waals surface area contributed by atoms with Gasteiger partial charge in [0.25, 0.3) is 5.91 Å². The fourth-order valence-corrected chi connectivity index (χ4v) is 5.93. The first-order valence-electron chi connectivity index (χ1n) is 12.7. The molecule has 6 rings (SSSR count). The highest BCUT2D eigenvalue weighted by Gasteiger charge is 2.50. The standard InChI is InChI=1S/C26H32N8O3/c1-16(2)33-14-30-18-10-17(4-5-19(18)33)24(35)32-8-6-26(7-9-32)12-25(3,36)20(11-37-26)34-15-31-21-22(27)28-13-29-23(21)34/h4-5,10,13-16,20,36H,6-9,11-12H2,1-3H3,(H2,27,28,29)/t20-,25-/m1/s1.